The summed E-state index contributed by atoms with van der Waals surface area (Å²) < 4.78 is 0. The molecule has 5 nitrogen and oxygen atoms in total. The van der Waals surface area contributed by atoms with Gasteiger partial charge >= 0.3 is 0 Å². The lowest BCUT2D eigenvalue weighted by Crippen LogP contribution is -2.41. The van der Waals surface area contributed by atoms with Crippen LogP contribution in [0, 0.1) is 0 Å². The van der Waals surface area contributed by atoms with E-state index in [1.54, 1.807) is 6.07 Å². The molecule has 2 aromatic rings. The van der Waals surface area contributed by atoms with Crippen molar-refractivity contribution in [1.82, 2.24) is 15.5 Å². The number of nitrogens with one attached hydrogen (secondary N) is 2. The number of phenols is 1. The van der Waals surface area contributed by atoms with Crippen molar-refractivity contribution >= 4 is 10.9 Å². The van der Waals surface area contributed by atoms with Gasteiger partial charge in [-0.15, -0.1) is 0 Å². The van der Waals surface area contributed by atoms with Crippen LogP contribution in [0.2, 0.25) is 0 Å². The monoisotopic (exact) mass is 291 g/mol. The average molecular weight is 291 g/mol. The van der Waals surface area contributed by atoms with Crippen LogP contribution in [0.15, 0.2) is 12.1 Å². The molecule has 1 atom stereocenters. The van der Waals surface area contributed by atoms with Crippen LogP contribution < -0.4 is 5.32 Å². The molecule has 1 aromatic heterocycles. The van der Waals surface area contributed by atoms with Crippen molar-refractivity contribution in [1.29, 1.82) is 0 Å². The number of aliphatic hydroxyl groups excluding tert-OH is 1. The molecule has 0 fully saturated rings. The van der Waals surface area contributed by atoms with E-state index in [9.17, 15) is 10.2 Å². The van der Waals surface area contributed by atoms with E-state index in [0.717, 1.165) is 23.2 Å². The fourth-order valence-electron chi connectivity index (χ4n) is 2.33. The molecular formula is C16H25N3O2. The van der Waals surface area contributed by atoms with Gasteiger partial charge in [0, 0.05) is 24.2 Å². The summed E-state index contributed by atoms with van der Waals surface area (Å²) in [4.78, 5) is 0. The van der Waals surface area contributed by atoms with Gasteiger partial charge in [0.15, 0.2) is 0 Å². The minimum absolute atomic E-state index is 0.0325. The Bertz CT molecular complexity index is 614. The highest BCUT2D eigenvalue weighted by molar-refractivity contribution is 5.88. The summed E-state index contributed by atoms with van der Waals surface area (Å²) in [5.74, 6) is 0.226. The van der Waals surface area contributed by atoms with Crippen LogP contribution in [-0.4, -0.2) is 38.6 Å². The van der Waals surface area contributed by atoms with Crippen LogP contribution in [0.3, 0.4) is 0 Å². The number of aryl methyl sites for hydroxylation is 1. The zero-order chi connectivity index (χ0) is 15.6. The van der Waals surface area contributed by atoms with E-state index >= 15 is 0 Å². The first-order valence-corrected chi connectivity index (χ1v) is 7.42. The quantitative estimate of drug-likeness (QED) is 0.680. The van der Waals surface area contributed by atoms with E-state index in [1.807, 2.05) is 13.0 Å². The van der Waals surface area contributed by atoms with Gasteiger partial charge in [0.1, 0.15) is 5.75 Å². The Labute approximate surface area is 125 Å². The number of aromatic hydroxyl groups is 1. The average Bonchev–Trinajstić information content (AvgIpc) is 2.79. The Kier molecular flexibility index (Phi) is 4.54. The van der Waals surface area contributed by atoms with E-state index in [4.69, 9.17) is 0 Å². The standard InChI is InChI=1S/C16H25N3O2/c1-5-10-6-12-15(14(21)7-10)13(19-18-12)8-11(20)9-17-16(2,3)4/h6-7,11,17,20-21H,5,8-9H2,1-4H3,(H,18,19). The van der Waals surface area contributed by atoms with Gasteiger partial charge in [-0.05, 0) is 44.9 Å². The normalized spacial score (nSPS) is 13.8. The second kappa shape index (κ2) is 6.03. The summed E-state index contributed by atoms with van der Waals surface area (Å²) >= 11 is 0. The number of aromatic amines is 1. The SMILES string of the molecule is CCc1cc(O)c2c(CC(O)CNC(C)(C)C)[nH]nc2c1. The van der Waals surface area contributed by atoms with Gasteiger partial charge in [0.25, 0.3) is 0 Å². The molecule has 21 heavy (non-hydrogen) atoms. The zero-order valence-corrected chi connectivity index (χ0v) is 13.2. The fourth-order valence-corrected chi connectivity index (χ4v) is 2.33. The van der Waals surface area contributed by atoms with E-state index in [-0.39, 0.29) is 11.3 Å². The first-order chi connectivity index (χ1) is 9.80. The molecule has 116 valence electrons. The summed E-state index contributed by atoms with van der Waals surface area (Å²) in [5.41, 5.74) is 2.54. The highest BCUT2D eigenvalue weighted by Crippen LogP contribution is 2.29. The Morgan fingerprint density at radius 2 is 2.05 bits per heavy atom. The van der Waals surface area contributed by atoms with Gasteiger partial charge < -0.3 is 15.5 Å². The summed E-state index contributed by atoms with van der Waals surface area (Å²) in [6, 6.07) is 3.73. The van der Waals surface area contributed by atoms with Crippen molar-refractivity contribution in [3.63, 3.8) is 0 Å². The molecule has 0 bridgehead atoms. The van der Waals surface area contributed by atoms with Crippen LogP contribution in [0.5, 0.6) is 5.75 Å². The molecule has 5 heteroatoms. The molecule has 1 aromatic carbocycles. The Balaban J connectivity index is 2.16. The Hall–Kier alpha value is -1.59. The molecule has 0 radical (unpaired) electrons. The molecule has 0 amide bonds. The van der Waals surface area contributed by atoms with Gasteiger partial charge in [-0.25, -0.2) is 0 Å². The van der Waals surface area contributed by atoms with Crippen LogP contribution >= 0.6 is 0 Å². The van der Waals surface area contributed by atoms with Gasteiger partial charge in [-0.2, -0.15) is 5.10 Å². The molecule has 2 rings (SSSR count). The van der Waals surface area contributed by atoms with Gasteiger partial charge in [-0.3, -0.25) is 5.10 Å². The molecule has 0 saturated heterocycles. The third-order valence-corrected chi connectivity index (χ3v) is 3.49. The molecule has 0 saturated carbocycles. The predicted molar refractivity (Wildman–Crippen MR) is 84.6 cm³/mol. The summed E-state index contributed by atoms with van der Waals surface area (Å²) in [6.45, 7) is 8.71. The van der Waals surface area contributed by atoms with Crippen LogP contribution in [0.1, 0.15) is 39.0 Å². The number of β-amino-alcohol motifs (C(OH)–C–C–N with tert-alkyl or cyclic N) is 1. The van der Waals surface area contributed by atoms with Crippen molar-refractivity contribution in [2.45, 2.75) is 52.2 Å². The fraction of sp³-hybridized carbons (Fsp3) is 0.562. The maximum Gasteiger partial charge on any atom is 0.127 e. The lowest BCUT2D eigenvalue weighted by atomic mass is 10.0. The molecule has 0 aliphatic rings. The molecule has 0 aliphatic heterocycles. The second-order valence-electron chi connectivity index (χ2n) is 6.55. The van der Waals surface area contributed by atoms with Crippen molar-refractivity contribution < 1.29 is 10.2 Å². The number of nitrogens with zero attached hydrogens (tertiary/aromatic N) is 1. The van der Waals surface area contributed by atoms with E-state index in [0.29, 0.717) is 18.4 Å². The van der Waals surface area contributed by atoms with E-state index in [1.165, 1.54) is 0 Å². The predicted octanol–water partition coefficient (Wildman–Crippen LogP) is 2.12. The van der Waals surface area contributed by atoms with Crippen LogP contribution in [-0.2, 0) is 12.8 Å². The Morgan fingerprint density at radius 1 is 1.33 bits per heavy atom. The summed E-state index contributed by atoms with van der Waals surface area (Å²) in [7, 11) is 0. The highest BCUT2D eigenvalue weighted by Gasteiger charge is 2.17. The molecule has 4 N–H and O–H groups in total. The maximum atomic E-state index is 10.2. The third-order valence-electron chi connectivity index (χ3n) is 3.49. The first-order valence-electron chi connectivity index (χ1n) is 7.42. The molecule has 1 heterocycles. The molecular weight excluding hydrogens is 266 g/mol. The van der Waals surface area contributed by atoms with Gasteiger partial charge in [0.05, 0.1) is 17.0 Å². The Morgan fingerprint density at radius 3 is 2.67 bits per heavy atom. The molecule has 0 spiro atoms. The van der Waals surface area contributed by atoms with E-state index < -0.39 is 6.10 Å². The van der Waals surface area contributed by atoms with Gasteiger partial charge in [-0.1, -0.05) is 6.92 Å². The number of rotatable bonds is 5. The van der Waals surface area contributed by atoms with E-state index in [2.05, 4.69) is 36.3 Å². The lowest BCUT2D eigenvalue weighted by Gasteiger charge is -2.22. The number of hydrogen-bond donors (Lipinski definition) is 4. The topological polar surface area (TPSA) is 81.2 Å². The minimum Gasteiger partial charge on any atom is -0.507 e. The van der Waals surface area contributed by atoms with Crippen molar-refractivity contribution in [2.24, 2.45) is 0 Å². The summed E-state index contributed by atoms with van der Waals surface area (Å²) in [5, 5.41) is 31.5. The maximum absolute atomic E-state index is 10.2. The zero-order valence-electron chi connectivity index (χ0n) is 13.2. The number of H-pyrrole nitrogens is 1. The number of phenolic OH excluding ortho intramolecular Hbond substituents is 1. The minimum atomic E-state index is -0.530. The largest absolute Gasteiger partial charge is 0.507 e. The van der Waals surface area contributed by atoms with Crippen molar-refractivity contribution in [3.8, 4) is 5.75 Å². The smallest absolute Gasteiger partial charge is 0.127 e. The second-order valence-corrected chi connectivity index (χ2v) is 6.55. The van der Waals surface area contributed by atoms with Crippen LogP contribution in [0.25, 0.3) is 10.9 Å². The van der Waals surface area contributed by atoms with Crippen molar-refractivity contribution in [2.75, 3.05) is 6.54 Å². The number of fused-ring (bicyclic) bond motifs is 1. The van der Waals surface area contributed by atoms with Crippen LogP contribution in [0.4, 0.5) is 0 Å². The van der Waals surface area contributed by atoms with Crippen molar-refractivity contribution in [3.05, 3.63) is 23.4 Å². The number of hydrogen-bond acceptors (Lipinski definition) is 4. The number of aliphatic hydroxyl groups is 1. The third kappa shape index (κ3) is 3.95. The highest BCUT2D eigenvalue weighted by atomic mass is 16.3. The lowest BCUT2D eigenvalue weighted by molar-refractivity contribution is 0.160. The molecule has 1 unspecified atom stereocenters. The number of aromatic nitrogens is 2. The summed E-state index contributed by atoms with van der Waals surface area (Å²) in [6.07, 6.45) is 0.751. The first kappa shape index (κ1) is 15.8. The van der Waals surface area contributed by atoms with Gasteiger partial charge in [0.2, 0.25) is 0 Å². The molecule has 0 aliphatic carbocycles. The number of benzene rings is 1.